The molecule has 1 amide bonds. The Bertz CT molecular complexity index is 751. The van der Waals surface area contributed by atoms with Gasteiger partial charge in [-0.3, -0.25) is 14.8 Å². The summed E-state index contributed by atoms with van der Waals surface area (Å²) in [7, 11) is 0. The molecule has 1 fully saturated rings. The molecule has 1 aliphatic heterocycles. The first-order chi connectivity index (χ1) is 10.7. The lowest BCUT2D eigenvalue weighted by atomic mass is 10.1. The number of anilines is 1. The number of nitrogens with zero attached hydrogens (tertiary/aromatic N) is 5. The summed E-state index contributed by atoms with van der Waals surface area (Å²) in [5.41, 5.74) is 9.64. The fraction of sp³-hybridized carbons (Fsp3) is 0.286. The van der Waals surface area contributed by atoms with E-state index < -0.39 is 0 Å². The van der Waals surface area contributed by atoms with Crippen LogP contribution >= 0.6 is 0 Å². The molecule has 112 valence electrons. The van der Waals surface area contributed by atoms with Crippen LogP contribution in [0.4, 0.5) is 10.2 Å². The predicted octanol–water partition coefficient (Wildman–Crippen LogP) is 2.88. The summed E-state index contributed by atoms with van der Waals surface area (Å²) in [4.78, 5) is 16.3. The number of carbonyl (C=O) groups is 1. The number of carbonyl (C=O) groups excluding carboxylic acids is 1. The maximum Gasteiger partial charge on any atom is 0.228 e. The van der Waals surface area contributed by atoms with Crippen LogP contribution in [-0.2, 0) is 4.79 Å². The molecule has 2 heterocycles. The van der Waals surface area contributed by atoms with Crippen molar-refractivity contribution in [2.75, 3.05) is 18.0 Å². The summed E-state index contributed by atoms with van der Waals surface area (Å²) in [5.74, 6) is 0.0983. The molecule has 1 aliphatic rings. The third kappa shape index (κ3) is 2.77. The average Bonchev–Trinajstić information content (AvgIpc) is 3.11. The van der Waals surface area contributed by atoms with Gasteiger partial charge in [-0.1, -0.05) is 17.2 Å². The van der Waals surface area contributed by atoms with Gasteiger partial charge < -0.3 is 0 Å². The molecular weight excluding hydrogens is 287 g/mol. The Labute approximate surface area is 125 Å². The lowest BCUT2D eigenvalue weighted by molar-refractivity contribution is -0.117. The predicted molar refractivity (Wildman–Crippen MR) is 78.5 cm³/mol. The molecule has 0 spiro atoms. The molecule has 1 aromatic heterocycles. The fourth-order valence-electron chi connectivity index (χ4n) is 2.53. The Morgan fingerprint density at radius 3 is 3.14 bits per heavy atom. The zero-order valence-corrected chi connectivity index (χ0v) is 11.6. The Kier molecular flexibility index (Phi) is 3.76. The molecule has 3 rings (SSSR count). The van der Waals surface area contributed by atoms with Crippen LogP contribution in [0.1, 0.15) is 6.42 Å². The number of halogens is 1. The highest BCUT2D eigenvalue weighted by atomic mass is 19.1. The quantitative estimate of drug-likeness (QED) is 0.533. The van der Waals surface area contributed by atoms with E-state index in [2.05, 4.69) is 20.2 Å². The van der Waals surface area contributed by atoms with Gasteiger partial charge in [-0.15, -0.1) is 0 Å². The number of benzene rings is 1. The molecule has 1 atom stereocenters. The molecule has 0 saturated carbocycles. The highest BCUT2D eigenvalue weighted by Crippen LogP contribution is 2.27. The van der Waals surface area contributed by atoms with Gasteiger partial charge in [-0.25, -0.2) is 4.39 Å². The fourth-order valence-corrected chi connectivity index (χ4v) is 2.53. The molecule has 0 bridgehead atoms. The molecule has 7 nitrogen and oxygen atoms in total. The second-order valence-electron chi connectivity index (χ2n) is 5.14. The largest absolute Gasteiger partial charge is 0.295 e. The first-order valence-corrected chi connectivity index (χ1v) is 6.80. The lowest BCUT2D eigenvalue weighted by Crippen LogP contribution is -2.25. The van der Waals surface area contributed by atoms with E-state index in [9.17, 15) is 9.18 Å². The van der Waals surface area contributed by atoms with E-state index in [0.29, 0.717) is 36.6 Å². The Balaban J connectivity index is 1.79. The zero-order valence-electron chi connectivity index (χ0n) is 11.6. The number of hydrogen-bond acceptors (Lipinski definition) is 3. The summed E-state index contributed by atoms with van der Waals surface area (Å²) >= 11 is 0. The van der Waals surface area contributed by atoms with Crippen molar-refractivity contribution in [2.24, 2.45) is 11.0 Å². The van der Waals surface area contributed by atoms with Crippen molar-refractivity contribution in [3.05, 3.63) is 46.6 Å². The average molecular weight is 300 g/mol. The van der Waals surface area contributed by atoms with Crippen molar-refractivity contribution in [2.45, 2.75) is 6.42 Å². The van der Waals surface area contributed by atoms with Crippen molar-refractivity contribution in [1.29, 1.82) is 0 Å². The molecule has 1 aromatic carbocycles. The van der Waals surface area contributed by atoms with E-state index in [4.69, 9.17) is 5.53 Å². The smallest absolute Gasteiger partial charge is 0.228 e. The molecule has 22 heavy (non-hydrogen) atoms. The van der Waals surface area contributed by atoms with Crippen LogP contribution in [0.3, 0.4) is 0 Å². The van der Waals surface area contributed by atoms with E-state index in [0.717, 1.165) is 0 Å². The van der Waals surface area contributed by atoms with Gasteiger partial charge in [0.15, 0.2) is 5.82 Å². The van der Waals surface area contributed by atoms with Crippen LogP contribution in [0.25, 0.3) is 21.7 Å². The van der Waals surface area contributed by atoms with Crippen molar-refractivity contribution >= 4 is 11.7 Å². The maximum atomic E-state index is 13.3. The van der Waals surface area contributed by atoms with Crippen LogP contribution in [0.15, 0.2) is 35.4 Å². The first-order valence-electron chi connectivity index (χ1n) is 6.80. The van der Waals surface area contributed by atoms with Gasteiger partial charge >= 0.3 is 0 Å². The van der Waals surface area contributed by atoms with Gasteiger partial charge in [-0.2, -0.15) is 5.10 Å². The number of azide groups is 1. The molecule has 1 saturated heterocycles. The zero-order chi connectivity index (χ0) is 15.5. The minimum Gasteiger partial charge on any atom is -0.295 e. The molecule has 1 N–H and O–H groups in total. The van der Waals surface area contributed by atoms with Gasteiger partial charge in [0.2, 0.25) is 5.91 Å². The third-order valence-corrected chi connectivity index (χ3v) is 3.58. The molecular formula is C14H13FN6O. The molecule has 0 aliphatic carbocycles. The summed E-state index contributed by atoms with van der Waals surface area (Å²) in [5, 5.41) is 10.4. The minimum absolute atomic E-state index is 0.00211. The van der Waals surface area contributed by atoms with E-state index in [-0.39, 0.29) is 17.6 Å². The van der Waals surface area contributed by atoms with E-state index in [1.807, 2.05) is 0 Å². The number of amides is 1. The highest BCUT2D eigenvalue weighted by molar-refractivity contribution is 5.95. The second kappa shape index (κ2) is 5.87. The van der Waals surface area contributed by atoms with Crippen molar-refractivity contribution in [3.63, 3.8) is 0 Å². The standard InChI is InChI=1S/C14H13FN6O/c15-11-3-1-2-10(5-11)12-6-13(19-18-12)21-8-9(4-14(21)22)7-17-20-16/h1-3,5-6,9H,4,7-8H2,(H,18,19). The van der Waals surface area contributed by atoms with E-state index in [1.165, 1.54) is 12.1 Å². The summed E-state index contributed by atoms with van der Waals surface area (Å²) in [6.07, 6.45) is 0.335. The SMILES string of the molecule is [N-]=[N+]=NCC1CC(=O)N(c2cc(-c3cccc(F)c3)[nH]n2)C1. The van der Waals surface area contributed by atoms with Crippen LogP contribution < -0.4 is 4.90 Å². The van der Waals surface area contributed by atoms with Crippen molar-refractivity contribution < 1.29 is 9.18 Å². The number of hydrogen-bond donors (Lipinski definition) is 1. The molecule has 0 radical (unpaired) electrons. The lowest BCUT2D eigenvalue weighted by Gasteiger charge is -2.12. The maximum absolute atomic E-state index is 13.3. The monoisotopic (exact) mass is 300 g/mol. The number of H-pyrrole nitrogens is 1. The molecule has 2 aromatic rings. The van der Waals surface area contributed by atoms with E-state index >= 15 is 0 Å². The normalized spacial score (nSPS) is 17.6. The van der Waals surface area contributed by atoms with Crippen LogP contribution in [-0.4, -0.2) is 29.2 Å². The van der Waals surface area contributed by atoms with Gasteiger partial charge in [0.05, 0.1) is 5.69 Å². The summed E-state index contributed by atoms with van der Waals surface area (Å²) in [6, 6.07) is 7.85. The third-order valence-electron chi connectivity index (χ3n) is 3.58. The minimum atomic E-state index is -0.333. The topological polar surface area (TPSA) is 97.8 Å². The summed E-state index contributed by atoms with van der Waals surface area (Å²) in [6.45, 7) is 0.755. The summed E-state index contributed by atoms with van der Waals surface area (Å²) < 4.78 is 13.3. The number of rotatable bonds is 4. The highest BCUT2D eigenvalue weighted by Gasteiger charge is 2.31. The van der Waals surface area contributed by atoms with Crippen molar-refractivity contribution in [1.82, 2.24) is 10.2 Å². The van der Waals surface area contributed by atoms with Crippen molar-refractivity contribution in [3.8, 4) is 11.3 Å². The Hall–Kier alpha value is -2.86. The Morgan fingerprint density at radius 1 is 1.50 bits per heavy atom. The number of aromatic amines is 1. The number of nitrogens with one attached hydrogen (secondary N) is 1. The Morgan fingerprint density at radius 2 is 2.36 bits per heavy atom. The first kappa shape index (κ1) is 14.1. The van der Waals surface area contributed by atoms with Gasteiger partial charge in [0, 0.05) is 36.1 Å². The van der Waals surface area contributed by atoms with Crippen LogP contribution in [0.2, 0.25) is 0 Å². The second-order valence-corrected chi connectivity index (χ2v) is 5.14. The van der Waals surface area contributed by atoms with Crippen LogP contribution in [0.5, 0.6) is 0 Å². The van der Waals surface area contributed by atoms with Gasteiger partial charge in [-0.05, 0) is 23.6 Å². The van der Waals surface area contributed by atoms with Gasteiger partial charge in [0.25, 0.3) is 0 Å². The van der Waals surface area contributed by atoms with Crippen LogP contribution in [0, 0.1) is 11.7 Å². The van der Waals surface area contributed by atoms with E-state index in [1.54, 1.807) is 23.1 Å². The number of aromatic nitrogens is 2. The molecule has 1 unspecified atom stereocenters. The molecule has 8 heteroatoms. The van der Waals surface area contributed by atoms with Gasteiger partial charge in [0.1, 0.15) is 5.82 Å².